The Morgan fingerprint density at radius 1 is 1.14 bits per heavy atom. The maximum absolute atomic E-state index is 12.3. The Kier molecular flexibility index (Phi) is 3.70. The van der Waals surface area contributed by atoms with Crippen molar-refractivity contribution in [2.24, 2.45) is 5.73 Å². The third kappa shape index (κ3) is 2.87. The first-order chi connectivity index (χ1) is 10.4. The molecule has 0 aromatic heterocycles. The Morgan fingerprint density at radius 2 is 1.77 bits per heavy atom. The van der Waals surface area contributed by atoms with Gasteiger partial charge in [0.15, 0.2) is 0 Å². The molecule has 0 aliphatic heterocycles. The standard InChI is InChI=1S/C17H20N2O2S/c1-2-17(18)12-16(17)13-8-10-14(11-9-13)19-22(20,21)15-6-4-3-5-7-15/h3-11,16,19H,2,12,18H2,1H3. The van der Waals surface area contributed by atoms with Gasteiger partial charge in [-0.1, -0.05) is 37.3 Å². The first-order valence-electron chi connectivity index (χ1n) is 7.41. The van der Waals surface area contributed by atoms with Crippen molar-refractivity contribution >= 4 is 15.7 Å². The van der Waals surface area contributed by atoms with Crippen LogP contribution in [-0.4, -0.2) is 14.0 Å². The highest BCUT2D eigenvalue weighted by molar-refractivity contribution is 7.92. The van der Waals surface area contributed by atoms with Gasteiger partial charge in [0.05, 0.1) is 4.90 Å². The van der Waals surface area contributed by atoms with Gasteiger partial charge in [0.1, 0.15) is 0 Å². The van der Waals surface area contributed by atoms with Crippen molar-refractivity contribution in [3.05, 3.63) is 60.2 Å². The van der Waals surface area contributed by atoms with Gasteiger partial charge in [-0.15, -0.1) is 0 Å². The molecule has 2 unspecified atom stereocenters. The molecule has 4 nitrogen and oxygen atoms in total. The molecule has 0 bridgehead atoms. The molecule has 2 atom stereocenters. The molecule has 0 radical (unpaired) electrons. The van der Waals surface area contributed by atoms with Crippen LogP contribution >= 0.6 is 0 Å². The zero-order valence-corrected chi connectivity index (χ0v) is 13.3. The molecule has 1 aliphatic carbocycles. The molecule has 0 spiro atoms. The summed E-state index contributed by atoms with van der Waals surface area (Å²) in [6.07, 6.45) is 1.96. The highest BCUT2D eigenvalue weighted by Crippen LogP contribution is 2.51. The number of rotatable bonds is 5. The minimum Gasteiger partial charge on any atom is -0.325 e. The lowest BCUT2D eigenvalue weighted by Gasteiger charge is -2.10. The summed E-state index contributed by atoms with van der Waals surface area (Å²) in [5.74, 6) is 0.386. The predicted molar refractivity (Wildman–Crippen MR) is 88.3 cm³/mol. The molecule has 3 N–H and O–H groups in total. The smallest absolute Gasteiger partial charge is 0.261 e. The lowest BCUT2D eigenvalue weighted by Crippen LogP contribution is -2.22. The molecular weight excluding hydrogens is 296 g/mol. The van der Waals surface area contributed by atoms with Gasteiger partial charge in [-0.3, -0.25) is 4.72 Å². The van der Waals surface area contributed by atoms with Crippen molar-refractivity contribution in [2.75, 3.05) is 4.72 Å². The molecule has 116 valence electrons. The zero-order chi connectivity index (χ0) is 15.8. The highest BCUT2D eigenvalue weighted by Gasteiger charge is 2.49. The van der Waals surface area contributed by atoms with Gasteiger partial charge in [0.25, 0.3) is 10.0 Å². The quantitative estimate of drug-likeness (QED) is 0.890. The molecule has 1 fully saturated rings. The molecule has 3 rings (SSSR count). The minimum absolute atomic E-state index is 0.0783. The number of anilines is 1. The molecular formula is C17H20N2O2S. The van der Waals surface area contributed by atoms with E-state index in [4.69, 9.17) is 5.73 Å². The molecule has 0 saturated heterocycles. The van der Waals surface area contributed by atoms with Crippen LogP contribution < -0.4 is 10.5 Å². The monoisotopic (exact) mass is 316 g/mol. The summed E-state index contributed by atoms with van der Waals surface area (Å²) in [6.45, 7) is 2.10. The van der Waals surface area contributed by atoms with Gasteiger partial charge >= 0.3 is 0 Å². The van der Waals surface area contributed by atoms with E-state index in [9.17, 15) is 8.42 Å². The Morgan fingerprint density at radius 3 is 2.32 bits per heavy atom. The molecule has 5 heteroatoms. The van der Waals surface area contributed by atoms with E-state index >= 15 is 0 Å². The summed E-state index contributed by atoms with van der Waals surface area (Å²) in [4.78, 5) is 0.258. The Hall–Kier alpha value is -1.85. The number of hydrogen-bond acceptors (Lipinski definition) is 3. The molecule has 1 saturated carbocycles. The number of hydrogen-bond donors (Lipinski definition) is 2. The van der Waals surface area contributed by atoms with Crippen molar-refractivity contribution in [2.45, 2.75) is 36.1 Å². The van der Waals surface area contributed by atoms with Crippen LogP contribution in [0.5, 0.6) is 0 Å². The third-order valence-corrected chi connectivity index (χ3v) is 5.79. The maximum atomic E-state index is 12.3. The van der Waals surface area contributed by atoms with Crippen LogP contribution in [0.1, 0.15) is 31.2 Å². The first-order valence-corrected chi connectivity index (χ1v) is 8.90. The van der Waals surface area contributed by atoms with E-state index in [0.29, 0.717) is 11.6 Å². The molecule has 2 aromatic carbocycles. The summed E-state index contributed by atoms with van der Waals surface area (Å²) >= 11 is 0. The van der Waals surface area contributed by atoms with Crippen molar-refractivity contribution in [3.8, 4) is 0 Å². The van der Waals surface area contributed by atoms with Crippen LogP contribution in [0.2, 0.25) is 0 Å². The van der Waals surface area contributed by atoms with E-state index in [0.717, 1.165) is 12.8 Å². The fourth-order valence-electron chi connectivity index (χ4n) is 2.76. The zero-order valence-electron chi connectivity index (χ0n) is 12.5. The van der Waals surface area contributed by atoms with Gasteiger partial charge in [-0.2, -0.15) is 0 Å². The topological polar surface area (TPSA) is 72.2 Å². The summed E-state index contributed by atoms with van der Waals surface area (Å²) in [5, 5.41) is 0. The van der Waals surface area contributed by atoms with Crippen LogP contribution in [-0.2, 0) is 10.0 Å². The van der Waals surface area contributed by atoms with Gasteiger partial charge < -0.3 is 5.73 Å². The molecule has 2 aromatic rings. The fourth-order valence-corrected chi connectivity index (χ4v) is 3.84. The number of nitrogens with two attached hydrogens (primary N) is 1. The summed E-state index contributed by atoms with van der Waals surface area (Å²) < 4.78 is 27.1. The van der Waals surface area contributed by atoms with Crippen molar-refractivity contribution in [1.82, 2.24) is 0 Å². The predicted octanol–water partition coefficient (Wildman–Crippen LogP) is 3.08. The third-order valence-electron chi connectivity index (χ3n) is 4.40. The van der Waals surface area contributed by atoms with E-state index in [2.05, 4.69) is 11.6 Å². The second-order valence-corrected chi connectivity index (χ2v) is 7.57. The van der Waals surface area contributed by atoms with Gasteiger partial charge in [-0.25, -0.2) is 8.42 Å². The van der Waals surface area contributed by atoms with Crippen LogP contribution in [0.15, 0.2) is 59.5 Å². The summed E-state index contributed by atoms with van der Waals surface area (Å²) in [6, 6.07) is 15.8. The Balaban J connectivity index is 1.75. The largest absolute Gasteiger partial charge is 0.325 e. The van der Waals surface area contributed by atoms with Gasteiger partial charge in [0.2, 0.25) is 0 Å². The second-order valence-electron chi connectivity index (χ2n) is 5.88. The van der Waals surface area contributed by atoms with Crippen molar-refractivity contribution < 1.29 is 8.42 Å². The minimum atomic E-state index is -3.53. The molecule has 0 heterocycles. The average molecular weight is 316 g/mol. The van der Waals surface area contributed by atoms with E-state index in [1.807, 2.05) is 12.1 Å². The van der Waals surface area contributed by atoms with Crippen LogP contribution in [0.4, 0.5) is 5.69 Å². The highest BCUT2D eigenvalue weighted by atomic mass is 32.2. The van der Waals surface area contributed by atoms with Gasteiger partial charge in [-0.05, 0) is 42.7 Å². The van der Waals surface area contributed by atoms with E-state index < -0.39 is 10.0 Å². The van der Waals surface area contributed by atoms with Crippen LogP contribution in [0.3, 0.4) is 0 Å². The fraction of sp³-hybridized carbons (Fsp3) is 0.294. The van der Waals surface area contributed by atoms with Crippen LogP contribution in [0, 0.1) is 0 Å². The summed E-state index contributed by atoms with van der Waals surface area (Å²) in [5.41, 5.74) is 7.88. The number of sulfonamides is 1. The van der Waals surface area contributed by atoms with Crippen LogP contribution in [0.25, 0.3) is 0 Å². The number of benzene rings is 2. The molecule has 1 aliphatic rings. The lowest BCUT2D eigenvalue weighted by molar-refractivity contribution is 0.601. The number of nitrogens with one attached hydrogen (secondary N) is 1. The second kappa shape index (κ2) is 5.41. The molecule has 22 heavy (non-hydrogen) atoms. The van der Waals surface area contributed by atoms with E-state index in [1.54, 1.807) is 42.5 Å². The normalized spacial score (nSPS) is 24.0. The Bertz CT molecular complexity index is 757. The Labute approximate surface area is 131 Å². The SMILES string of the molecule is CCC1(N)CC1c1ccc(NS(=O)(=O)c2ccccc2)cc1. The molecule has 0 amide bonds. The average Bonchev–Trinajstić information content (AvgIpc) is 3.21. The lowest BCUT2D eigenvalue weighted by atomic mass is 10.0. The van der Waals surface area contributed by atoms with Gasteiger partial charge in [0, 0.05) is 17.1 Å². The van der Waals surface area contributed by atoms with E-state index in [-0.39, 0.29) is 10.4 Å². The van der Waals surface area contributed by atoms with Crippen molar-refractivity contribution in [3.63, 3.8) is 0 Å². The first kappa shape index (κ1) is 15.1. The maximum Gasteiger partial charge on any atom is 0.261 e. The van der Waals surface area contributed by atoms with Crippen molar-refractivity contribution in [1.29, 1.82) is 0 Å². The summed E-state index contributed by atoms with van der Waals surface area (Å²) in [7, 11) is -3.53. The van der Waals surface area contributed by atoms with E-state index in [1.165, 1.54) is 5.56 Å².